The number of nitriles is 1. The molecule has 2 aromatic rings. The molecule has 0 bridgehead atoms. The SMILES string of the molecule is Cc1ccc(-c2ccc(C#N)c(=O)n2C)c(C)c1. The Labute approximate surface area is 106 Å². The van der Waals surface area contributed by atoms with Crippen molar-refractivity contribution in [2.75, 3.05) is 0 Å². The van der Waals surface area contributed by atoms with Gasteiger partial charge in [0.2, 0.25) is 0 Å². The van der Waals surface area contributed by atoms with Crippen LogP contribution in [-0.2, 0) is 7.05 Å². The molecule has 0 aliphatic carbocycles. The van der Waals surface area contributed by atoms with Crippen LogP contribution in [0.15, 0.2) is 35.1 Å². The molecule has 0 saturated heterocycles. The van der Waals surface area contributed by atoms with Crippen LogP contribution in [-0.4, -0.2) is 4.57 Å². The molecule has 3 nitrogen and oxygen atoms in total. The van der Waals surface area contributed by atoms with Gasteiger partial charge < -0.3 is 4.57 Å². The average Bonchev–Trinajstić information content (AvgIpc) is 2.34. The second kappa shape index (κ2) is 4.50. The van der Waals surface area contributed by atoms with E-state index in [-0.39, 0.29) is 11.1 Å². The highest BCUT2D eigenvalue weighted by Gasteiger charge is 2.09. The molecule has 0 saturated carbocycles. The topological polar surface area (TPSA) is 45.8 Å². The summed E-state index contributed by atoms with van der Waals surface area (Å²) in [7, 11) is 1.69. The van der Waals surface area contributed by atoms with E-state index in [0.717, 1.165) is 16.8 Å². The molecule has 2 rings (SSSR count). The zero-order valence-electron chi connectivity index (χ0n) is 10.7. The minimum absolute atomic E-state index is 0.172. The first-order valence-electron chi connectivity index (χ1n) is 5.72. The molecule has 1 aromatic carbocycles. The summed E-state index contributed by atoms with van der Waals surface area (Å²) in [6.45, 7) is 4.06. The van der Waals surface area contributed by atoms with Gasteiger partial charge in [0.25, 0.3) is 5.56 Å². The molecule has 1 aromatic heterocycles. The van der Waals surface area contributed by atoms with Crippen LogP contribution in [0.4, 0.5) is 0 Å². The van der Waals surface area contributed by atoms with E-state index in [4.69, 9.17) is 5.26 Å². The number of hydrogen-bond donors (Lipinski definition) is 0. The van der Waals surface area contributed by atoms with E-state index >= 15 is 0 Å². The largest absolute Gasteiger partial charge is 0.310 e. The predicted octanol–water partition coefficient (Wildman–Crippen LogP) is 2.54. The van der Waals surface area contributed by atoms with E-state index in [9.17, 15) is 4.79 Å². The standard InChI is InChI=1S/C15H14N2O/c1-10-4-6-13(11(2)8-10)14-7-5-12(9-16)15(18)17(14)3/h4-8H,1-3H3. The van der Waals surface area contributed by atoms with Gasteiger partial charge >= 0.3 is 0 Å². The maximum Gasteiger partial charge on any atom is 0.268 e. The molecule has 0 aliphatic rings. The van der Waals surface area contributed by atoms with Gasteiger partial charge in [-0.25, -0.2) is 0 Å². The molecular weight excluding hydrogens is 224 g/mol. The highest BCUT2D eigenvalue weighted by Crippen LogP contribution is 2.22. The third kappa shape index (κ3) is 1.93. The number of pyridine rings is 1. The van der Waals surface area contributed by atoms with E-state index in [2.05, 4.69) is 6.07 Å². The van der Waals surface area contributed by atoms with Crippen molar-refractivity contribution in [2.45, 2.75) is 13.8 Å². The zero-order valence-corrected chi connectivity index (χ0v) is 10.7. The Hall–Kier alpha value is -2.34. The number of aromatic nitrogens is 1. The van der Waals surface area contributed by atoms with Crippen LogP contribution in [0, 0.1) is 25.2 Å². The first kappa shape index (κ1) is 12.1. The van der Waals surface area contributed by atoms with Gasteiger partial charge in [0.05, 0.1) is 5.69 Å². The Bertz CT molecular complexity index is 705. The minimum Gasteiger partial charge on any atom is -0.310 e. The predicted molar refractivity (Wildman–Crippen MR) is 71.3 cm³/mol. The summed E-state index contributed by atoms with van der Waals surface area (Å²) in [4.78, 5) is 11.9. The molecule has 0 fully saturated rings. The van der Waals surface area contributed by atoms with Gasteiger partial charge in [-0.05, 0) is 31.5 Å². The van der Waals surface area contributed by atoms with Crippen LogP contribution < -0.4 is 5.56 Å². The van der Waals surface area contributed by atoms with Crippen LogP contribution in [0.2, 0.25) is 0 Å². The maximum absolute atomic E-state index is 11.9. The van der Waals surface area contributed by atoms with Crippen molar-refractivity contribution >= 4 is 0 Å². The van der Waals surface area contributed by atoms with Gasteiger partial charge in [-0.2, -0.15) is 5.26 Å². The van der Waals surface area contributed by atoms with E-state index in [0.29, 0.717) is 0 Å². The van der Waals surface area contributed by atoms with Crippen LogP contribution in [0.3, 0.4) is 0 Å². The fraction of sp³-hybridized carbons (Fsp3) is 0.200. The molecular formula is C15H14N2O. The van der Waals surface area contributed by atoms with Gasteiger partial charge in [0.15, 0.2) is 0 Å². The van der Waals surface area contributed by atoms with Gasteiger partial charge in [0.1, 0.15) is 11.6 Å². The van der Waals surface area contributed by atoms with E-state index < -0.39 is 0 Å². The number of rotatable bonds is 1. The fourth-order valence-corrected chi connectivity index (χ4v) is 2.09. The molecule has 0 unspecified atom stereocenters. The van der Waals surface area contributed by atoms with E-state index in [1.807, 2.05) is 38.1 Å². The van der Waals surface area contributed by atoms with Crippen molar-refractivity contribution in [1.29, 1.82) is 5.26 Å². The summed E-state index contributed by atoms with van der Waals surface area (Å²) < 4.78 is 1.52. The Morgan fingerprint density at radius 3 is 2.50 bits per heavy atom. The minimum atomic E-state index is -0.255. The zero-order chi connectivity index (χ0) is 13.3. The average molecular weight is 238 g/mol. The van der Waals surface area contributed by atoms with E-state index in [1.54, 1.807) is 13.1 Å². The van der Waals surface area contributed by atoms with Crippen molar-refractivity contribution in [3.05, 3.63) is 57.4 Å². The number of hydrogen-bond acceptors (Lipinski definition) is 2. The van der Waals surface area contributed by atoms with Crippen molar-refractivity contribution in [3.8, 4) is 17.3 Å². The Kier molecular flexibility index (Phi) is 3.03. The summed E-state index contributed by atoms with van der Waals surface area (Å²) in [5.74, 6) is 0. The fourth-order valence-electron chi connectivity index (χ4n) is 2.09. The van der Waals surface area contributed by atoms with Gasteiger partial charge in [-0.3, -0.25) is 4.79 Å². The molecule has 0 radical (unpaired) electrons. The first-order chi connectivity index (χ1) is 8.54. The van der Waals surface area contributed by atoms with Crippen LogP contribution in [0.1, 0.15) is 16.7 Å². The molecule has 90 valence electrons. The van der Waals surface area contributed by atoms with Crippen molar-refractivity contribution in [3.63, 3.8) is 0 Å². The quantitative estimate of drug-likeness (QED) is 0.766. The van der Waals surface area contributed by atoms with Crippen molar-refractivity contribution in [2.24, 2.45) is 7.05 Å². The highest BCUT2D eigenvalue weighted by molar-refractivity contribution is 5.64. The molecule has 0 atom stereocenters. The lowest BCUT2D eigenvalue weighted by molar-refractivity contribution is 0.864. The lowest BCUT2D eigenvalue weighted by Gasteiger charge is -2.11. The Balaban J connectivity index is 2.70. The summed E-state index contributed by atoms with van der Waals surface area (Å²) in [6, 6.07) is 11.4. The summed E-state index contributed by atoms with van der Waals surface area (Å²) in [5.41, 5.74) is 4.08. The third-order valence-corrected chi connectivity index (χ3v) is 3.08. The normalized spacial score (nSPS) is 10.1. The molecule has 0 spiro atoms. The van der Waals surface area contributed by atoms with Crippen LogP contribution >= 0.6 is 0 Å². The summed E-state index contributed by atoms with van der Waals surface area (Å²) >= 11 is 0. The number of nitrogens with zero attached hydrogens (tertiary/aromatic N) is 2. The number of aryl methyl sites for hydroxylation is 2. The van der Waals surface area contributed by atoms with Crippen molar-refractivity contribution < 1.29 is 0 Å². The van der Waals surface area contributed by atoms with Gasteiger partial charge in [-0.1, -0.05) is 23.8 Å². The Morgan fingerprint density at radius 2 is 1.89 bits per heavy atom. The van der Waals surface area contributed by atoms with Crippen LogP contribution in [0.5, 0.6) is 0 Å². The Morgan fingerprint density at radius 1 is 1.17 bits per heavy atom. The lowest BCUT2D eigenvalue weighted by atomic mass is 10.0. The molecule has 18 heavy (non-hydrogen) atoms. The smallest absolute Gasteiger partial charge is 0.268 e. The second-order valence-electron chi connectivity index (χ2n) is 4.43. The monoisotopic (exact) mass is 238 g/mol. The molecule has 0 amide bonds. The van der Waals surface area contributed by atoms with Gasteiger partial charge in [0, 0.05) is 12.6 Å². The highest BCUT2D eigenvalue weighted by atomic mass is 16.1. The lowest BCUT2D eigenvalue weighted by Crippen LogP contribution is -2.20. The molecule has 1 heterocycles. The first-order valence-corrected chi connectivity index (χ1v) is 5.72. The molecule has 0 N–H and O–H groups in total. The second-order valence-corrected chi connectivity index (χ2v) is 4.43. The van der Waals surface area contributed by atoms with Crippen LogP contribution in [0.25, 0.3) is 11.3 Å². The van der Waals surface area contributed by atoms with Gasteiger partial charge in [-0.15, -0.1) is 0 Å². The third-order valence-electron chi connectivity index (χ3n) is 3.08. The summed E-state index contributed by atoms with van der Waals surface area (Å²) in [6.07, 6.45) is 0. The molecule has 0 aliphatic heterocycles. The maximum atomic E-state index is 11.9. The molecule has 3 heteroatoms. The van der Waals surface area contributed by atoms with E-state index in [1.165, 1.54) is 10.1 Å². The number of benzene rings is 1. The van der Waals surface area contributed by atoms with Crippen molar-refractivity contribution in [1.82, 2.24) is 4.57 Å². The summed E-state index contributed by atoms with van der Waals surface area (Å²) in [5, 5.41) is 8.83.